The van der Waals surface area contributed by atoms with Crippen molar-refractivity contribution in [2.45, 2.75) is 65.5 Å². The number of nitrogens with zero attached hydrogens (tertiary/aromatic N) is 3. The Morgan fingerprint density at radius 3 is 2.20 bits per heavy atom. The molecular weight excluding hydrogens is 326 g/mol. The van der Waals surface area contributed by atoms with Gasteiger partial charge in [0.2, 0.25) is 0 Å². The summed E-state index contributed by atoms with van der Waals surface area (Å²) in [5.74, 6) is 1.12. The summed E-state index contributed by atoms with van der Waals surface area (Å²) in [6.45, 7) is 13.4. The van der Waals surface area contributed by atoms with Gasteiger partial charge in [0.05, 0.1) is 16.6 Å². The van der Waals surface area contributed by atoms with Crippen molar-refractivity contribution in [3.63, 3.8) is 0 Å². The Labute approximate surface area is 158 Å². The number of amidine groups is 1. The van der Waals surface area contributed by atoms with Crippen molar-refractivity contribution < 1.29 is 0 Å². The summed E-state index contributed by atoms with van der Waals surface area (Å²) in [4.78, 5) is 11.0. The van der Waals surface area contributed by atoms with Crippen LogP contribution in [0.4, 0.5) is 5.69 Å². The molecule has 136 valence electrons. The van der Waals surface area contributed by atoms with Gasteiger partial charge in [-0.1, -0.05) is 50.7 Å². The maximum absolute atomic E-state index is 5.99. The smallest absolute Gasteiger partial charge is 0.127 e. The SMILES string of the molecule is CC(C)(C)N=C1[C@H](N2CCCCC2)C(C)(C)C(=S)N1c1ccccc1. The minimum Gasteiger partial charge on any atom is -0.293 e. The Bertz CT molecular complexity index is 651. The number of benzene rings is 1. The van der Waals surface area contributed by atoms with Crippen LogP contribution in [0, 0.1) is 5.41 Å². The van der Waals surface area contributed by atoms with E-state index in [-0.39, 0.29) is 17.0 Å². The summed E-state index contributed by atoms with van der Waals surface area (Å²) >= 11 is 5.99. The third-order valence-electron chi connectivity index (χ3n) is 5.13. The molecule has 0 spiro atoms. The molecular formula is C21H31N3S. The number of likely N-dealkylation sites (tertiary alicyclic amines) is 1. The molecule has 0 unspecified atom stereocenters. The van der Waals surface area contributed by atoms with Gasteiger partial charge in [-0.05, 0) is 58.8 Å². The van der Waals surface area contributed by atoms with Gasteiger partial charge in [0.1, 0.15) is 5.84 Å². The van der Waals surface area contributed by atoms with Gasteiger partial charge in [0, 0.05) is 11.1 Å². The molecule has 2 saturated heterocycles. The second-order valence-electron chi connectivity index (χ2n) is 8.84. The zero-order valence-electron chi connectivity index (χ0n) is 16.2. The molecule has 0 aliphatic carbocycles. The Kier molecular flexibility index (Phi) is 5.04. The summed E-state index contributed by atoms with van der Waals surface area (Å²) in [7, 11) is 0. The van der Waals surface area contributed by atoms with Crippen LogP contribution in [0.5, 0.6) is 0 Å². The lowest BCUT2D eigenvalue weighted by atomic mass is 9.85. The predicted molar refractivity (Wildman–Crippen MR) is 112 cm³/mol. The molecule has 0 amide bonds. The third-order valence-corrected chi connectivity index (χ3v) is 5.84. The molecule has 1 atom stereocenters. The van der Waals surface area contributed by atoms with E-state index in [0.29, 0.717) is 0 Å². The van der Waals surface area contributed by atoms with E-state index in [1.807, 2.05) is 0 Å². The first-order valence-corrected chi connectivity index (χ1v) is 9.86. The van der Waals surface area contributed by atoms with Crippen molar-refractivity contribution >= 4 is 28.7 Å². The van der Waals surface area contributed by atoms with E-state index in [1.54, 1.807) is 0 Å². The monoisotopic (exact) mass is 357 g/mol. The van der Waals surface area contributed by atoms with E-state index in [0.717, 1.165) is 29.6 Å². The van der Waals surface area contributed by atoms with Gasteiger partial charge in [-0.25, -0.2) is 0 Å². The summed E-state index contributed by atoms with van der Waals surface area (Å²) in [5, 5.41) is 0. The molecule has 2 heterocycles. The molecule has 2 fully saturated rings. The summed E-state index contributed by atoms with van der Waals surface area (Å²) in [5.41, 5.74) is 0.891. The van der Waals surface area contributed by atoms with Crippen LogP contribution in [-0.4, -0.2) is 40.4 Å². The van der Waals surface area contributed by atoms with Gasteiger partial charge in [-0.2, -0.15) is 0 Å². The van der Waals surface area contributed by atoms with Crippen molar-refractivity contribution in [2.75, 3.05) is 18.0 Å². The lowest BCUT2D eigenvalue weighted by molar-refractivity contribution is 0.154. The second kappa shape index (κ2) is 6.81. The number of hydrogen-bond donors (Lipinski definition) is 0. The highest BCUT2D eigenvalue weighted by Crippen LogP contribution is 2.41. The van der Waals surface area contributed by atoms with E-state index in [9.17, 15) is 0 Å². The zero-order valence-corrected chi connectivity index (χ0v) is 17.1. The fraction of sp³-hybridized carbons (Fsp3) is 0.619. The molecule has 0 bridgehead atoms. The Balaban J connectivity index is 2.11. The highest BCUT2D eigenvalue weighted by Gasteiger charge is 2.52. The van der Waals surface area contributed by atoms with Crippen LogP contribution in [-0.2, 0) is 0 Å². The summed E-state index contributed by atoms with van der Waals surface area (Å²) < 4.78 is 0. The van der Waals surface area contributed by atoms with Crippen LogP contribution in [0.25, 0.3) is 0 Å². The average molecular weight is 358 g/mol. The quantitative estimate of drug-likeness (QED) is 0.701. The number of para-hydroxylation sites is 1. The molecule has 0 aromatic heterocycles. The summed E-state index contributed by atoms with van der Waals surface area (Å²) in [6.07, 6.45) is 3.88. The Morgan fingerprint density at radius 1 is 1.04 bits per heavy atom. The fourth-order valence-electron chi connectivity index (χ4n) is 4.03. The first-order valence-electron chi connectivity index (χ1n) is 9.45. The van der Waals surface area contributed by atoms with Gasteiger partial charge in [0.15, 0.2) is 0 Å². The molecule has 0 saturated carbocycles. The number of hydrogen-bond acceptors (Lipinski definition) is 3. The highest BCUT2D eigenvalue weighted by atomic mass is 32.1. The average Bonchev–Trinajstić information content (AvgIpc) is 2.73. The van der Waals surface area contributed by atoms with E-state index in [4.69, 9.17) is 17.2 Å². The third kappa shape index (κ3) is 3.65. The lowest BCUT2D eigenvalue weighted by Crippen LogP contribution is -2.50. The van der Waals surface area contributed by atoms with Crippen molar-refractivity contribution in [2.24, 2.45) is 10.4 Å². The van der Waals surface area contributed by atoms with Crippen LogP contribution in [0.1, 0.15) is 53.9 Å². The maximum Gasteiger partial charge on any atom is 0.127 e. The number of aliphatic imine (C=N–C) groups is 1. The summed E-state index contributed by atoms with van der Waals surface area (Å²) in [6, 6.07) is 10.7. The van der Waals surface area contributed by atoms with E-state index >= 15 is 0 Å². The van der Waals surface area contributed by atoms with Crippen molar-refractivity contribution in [1.29, 1.82) is 0 Å². The molecule has 25 heavy (non-hydrogen) atoms. The van der Waals surface area contributed by atoms with Crippen molar-refractivity contribution in [3.8, 4) is 0 Å². The molecule has 2 aliphatic rings. The van der Waals surface area contributed by atoms with Gasteiger partial charge >= 0.3 is 0 Å². The Morgan fingerprint density at radius 2 is 1.64 bits per heavy atom. The van der Waals surface area contributed by atoms with Crippen LogP contribution in [0.3, 0.4) is 0 Å². The number of thiocarbonyl (C=S) groups is 1. The van der Waals surface area contributed by atoms with Gasteiger partial charge in [-0.15, -0.1) is 0 Å². The molecule has 4 heteroatoms. The van der Waals surface area contributed by atoms with Crippen LogP contribution >= 0.6 is 12.2 Å². The normalized spacial score (nSPS) is 26.4. The zero-order chi connectivity index (χ0) is 18.2. The largest absolute Gasteiger partial charge is 0.293 e. The molecule has 0 radical (unpaired) electrons. The first-order chi connectivity index (χ1) is 11.7. The van der Waals surface area contributed by atoms with Crippen LogP contribution in [0.2, 0.25) is 0 Å². The molecule has 2 aliphatic heterocycles. The number of rotatable bonds is 2. The highest BCUT2D eigenvalue weighted by molar-refractivity contribution is 7.80. The lowest BCUT2D eigenvalue weighted by Gasteiger charge is -2.38. The number of piperidine rings is 1. The predicted octanol–water partition coefficient (Wildman–Crippen LogP) is 4.91. The van der Waals surface area contributed by atoms with E-state index < -0.39 is 0 Å². The van der Waals surface area contributed by atoms with Crippen LogP contribution < -0.4 is 4.90 Å². The standard InChI is InChI=1S/C21H31N3S/c1-20(2,3)22-18-17(23-14-10-7-11-15-23)21(4,5)19(25)24(18)16-12-8-6-9-13-16/h6,8-9,12-13,17H,7,10-11,14-15H2,1-5H3/t17-/m0/s1. The van der Waals surface area contributed by atoms with Gasteiger partial charge < -0.3 is 0 Å². The van der Waals surface area contributed by atoms with E-state index in [1.165, 1.54) is 19.3 Å². The first kappa shape index (κ1) is 18.5. The molecule has 0 N–H and O–H groups in total. The minimum atomic E-state index is -0.133. The van der Waals surface area contributed by atoms with Gasteiger partial charge in [0.25, 0.3) is 0 Å². The fourth-order valence-corrected chi connectivity index (χ4v) is 4.34. The van der Waals surface area contributed by atoms with Gasteiger partial charge in [-0.3, -0.25) is 14.8 Å². The topological polar surface area (TPSA) is 18.8 Å². The van der Waals surface area contributed by atoms with Crippen molar-refractivity contribution in [3.05, 3.63) is 30.3 Å². The van der Waals surface area contributed by atoms with Crippen LogP contribution in [0.15, 0.2) is 35.3 Å². The maximum atomic E-state index is 5.99. The number of anilines is 1. The van der Waals surface area contributed by atoms with Crippen molar-refractivity contribution in [1.82, 2.24) is 4.90 Å². The minimum absolute atomic E-state index is 0.105. The molecule has 3 nitrogen and oxygen atoms in total. The Hall–Kier alpha value is -1.26. The van der Waals surface area contributed by atoms with E-state index in [2.05, 4.69) is 74.8 Å². The molecule has 3 rings (SSSR count). The second-order valence-corrected chi connectivity index (χ2v) is 9.22. The molecule has 1 aromatic rings. The molecule has 1 aromatic carbocycles.